The molecule has 0 bridgehead atoms. The molecule has 2 unspecified atom stereocenters. The minimum atomic E-state index is -1.58. The molecule has 214 valence electrons. The fraction of sp³-hybridized carbons (Fsp3) is 0.444. The summed E-state index contributed by atoms with van der Waals surface area (Å²) in [5.41, 5.74) is 0.00276. The largest absolute Gasteiger partial charge is 0.479 e. The monoisotopic (exact) mass is 569 g/mol. The van der Waals surface area contributed by atoms with Crippen LogP contribution in [0.2, 0.25) is 19.6 Å². The third-order valence-electron chi connectivity index (χ3n) is 6.74. The molecule has 1 aromatic heterocycles. The highest BCUT2D eigenvalue weighted by Gasteiger charge is 2.37. The van der Waals surface area contributed by atoms with Crippen LogP contribution in [0.3, 0.4) is 0 Å². The number of carbonyl (C=O) groups excluding carboxylic acids is 3. The maximum absolute atomic E-state index is 13.1. The maximum Gasteiger partial charge on any atom is 0.289 e. The molecule has 2 aliphatic heterocycles. The third-order valence-corrected chi connectivity index (χ3v) is 8.79. The first-order valence-electron chi connectivity index (χ1n) is 12.9. The van der Waals surface area contributed by atoms with Gasteiger partial charge in [0.15, 0.2) is 5.69 Å². The number of nitrogens with zero attached hydrogens (tertiary/aromatic N) is 4. The quantitative estimate of drug-likeness (QED) is 0.353. The van der Waals surface area contributed by atoms with Crippen molar-refractivity contribution < 1.29 is 33.3 Å². The minimum Gasteiger partial charge on any atom is -0.479 e. The molecule has 1 fully saturated rings. The van der Waals surface area contributed by atoms with Crippen LogP contribution in [0.15, 0.2) is 36.3 Å². The molecule has 13 heteroatoms. The molecular formula is C27H35N5O7Si. The molecule has 1 aromatic carbocycles. The Bertz CT molecular complexity index is 1320. The molecule has 40 heavy (non-hydrogen) atoms. The summed E-state index contributed by atoms with van der Waals surface area (Å²) < 4.78 is 22.1. The number of anilines is 2. The molecule has 1 N–H and O–H groups in total. The van der Waals surface area contributed by atoms with Crippen LogP contribution in [-0.2, 0) is 19.1 Å². The van der Waals surface area contributed by atoms with Crippen LogP contribution < -0.4 is 29.6 Å². The molecule has 2 amide bonds. The molecule has 3 heterocycles. The molecular weight excluding hydrogens is 534 g/mol. The zero-order valence-electron chi connectivity index (χ0n) is 23.8. The van der Waals surface area contributed by atoms with Gasteiger partial charge in [-0.3, -0.25) is 19.3 Å². The van der Waals surface area contributed by atoms with Crippen molar-refractivity contribution in [2.45, 2.75) is 44.6 Å². The molecule has 0 aliphatic carbocycles. The molecule has 4 rings (SSSR count). The maximum atomic E-state index is 13.1. The average Bonchev–Trinajstić information content (AvgIpc) is 3.28. The van der Waals surface area contributed by atoms with E-state index in [2.05, 4.69) is 34.9 Å². The Morgan fingerprint density at radius 1 is 1.12 bits per heavy atom. The Labute approximate surface area is 234 Å². The van der Waals surface area contributed by atoms with Gasteiger partial charge in [-0.15, -0.1) is 0 Å². The minimum absolute atomic E-state index is 0.00276. The van der Waals surface area contributed by atoms with E-state index in [9.17, 15) is 14.4 Å². The molecule has 0 radical (unpaired) electrons. The first kappa shape index (κ1) is 29.0. The number of benzene rings is 1. The number of hydrogen-bond acceptors (Lipinski definition) is 10. The number of methoxy groups -OCH3 is 2. The lowest BCUT2D eigenvalue weighted by molar-refractivity contribution is -0.134. The lowest BCUT2D eigenvalue weighted by atomic mass is 10.0. The van der Waals surface area contributed by atoms with Crippen LogP contribution in [0.25, 0.3) is 0 Å². The summed E-state index contributed by atoms with van der Waals surface area (Å²) in [5, 5.41) is 3.75. The predicted molar refractivity (Wildman–Crippen MR) is 151 cm³/mol. The standard InChI is InChI=1S/C27H35N5O7Si/c1-31(2)16-11-12-32(20(34)13-16)27-29-25(36-3)22(26(30-27)37-4)28-24(35)23-19(33)15-21(39-23)38-17-9-8-10-18(14-17)40(5,6)7/h8-10,14-16,23H,11-13H2,1-7H3,(H,28,35). The van der Waals surface area contributed by atoms with Crippen molar-refractivity contribution in [3.8, 4) is 17.5 Å². The summed E-state index contributed by atoms with van der Waals surface area (Å²) in [5.74, 6) is -1.04. The second-order valence-corrected chi connectivity index (χ2v) is 15.9. The van der Waals surface area contributed by atoms with Crippen LogP contribution in [0.1, 0.15) is 12.8 Å². The molecule has 0 saturated carbocycles. The second-order valence-electron chi connectivity index (χ2n) is 10.8. The topological polar surface area (TPSA) is 132 Å². The predicted octanol–water partition coefficient (Wildman–Crippen LogP) is 1.92. The summed E-state index contributed by atoms with van der Waals surface area (Å²) in [7, 11) is 5.01. The molecule has 0 spiro atoms. The van der Waals surface area contributed by atoms with Gasteiger partial charge in [-0.25, -0.2) is 0 Å². The lowest BCUT2D eigenvalue weighted by Crippen LogP contribution is -2.46. The number of carbonyl (C=O) groups is 3. The van der Waals surface area contributed by atoms with E-state index < -0.39 is 25.9 Å². The van der Waals surface area contributed by atoms with Gasteiger partial charge >= 0.3 is 0 Å². The number of ether oxygens (including phenoxy) is 4. The van der Waals surface area contributed by atoms with Gasteiger partial charge in [0.1, 0.15) is 5.75 Å². The van der Waals surface area contributed by atoms with Crippen LogP contribution in [0.4, 0.5) is 11.6 Å². The van der Waals surface area contributed by atoms with Gasteiger partial charge in [0.05, 0.1) is 28.4 Å². The lowest BCUT2D eigenvalue weighted by Gasteiger charge is -2.33. The van der Waals surface area contributed by atoms with Crippen molar-refractivity contribution in [2.24, 2.45) is 0 Å². The van der Waals surface area contributed by atoms with Gasteiger partial charge in [0.2, 0.25) is 35.5 Å². The van der Waals surface area contributed by atoms with Gasteiger partial charge in [-0.05, 0) is 32.6 Å². The Morgan fingerprint density at radius 3 is 2.38 bits per heavy atom. The highest BCUT2D eigenvalue weighted by atomic mass is 28.3. The third kappa shape index (κ3) is 6.26. The Kier molecular flexibility index (Phi) is 8.44. The van der Waals surface area contributed by atoms with E-state index in [1.165, 1.54) is 24.3 Å². The van der Waals surface area contributed by atoms with Crippen LogP contribution in [0.5, 0.6) is 17.5 Å². The number of piperidine rings is 1. The summed E-state index contributed by atoms with van der Waals surface area (Å²) >= 11 is 0. The van der Waals surface area contributed by atoms with Crippen molar-refractivity contribution in [3.63, 3.8) is 0 Å². The summed E-state index contributed by atoms with van der Waals surface area (Å²) in [6, 6.07) is 7.72. The van der Waals surface area contributed by atoms with E-state index in [-0.39, 0.29) is 41.3 Å². The summed E-state index contributed by atoms with van der Waals surface area (Å²) in [6.45, 7) is 7.06. The number of ketones is 1. The molecule has 12 nitrogen and oxygen atoms in total. The Balaban J connectivity index is 1.48. The van der Waals surface area contributed by atoms with E-state index in [0.717, 1.165) is 12.5 Å². The number of aromatic nitrogens is 2. The Morgan fingerprint density at radius 2 is 1.80 bits per heavy atom. The van der Waals surface area contributed by atoms with E-state index in [1.54, 1.807) is 6.07 Å². The van der Waals surface area contributed by atoms with E-state index in [4.69, 9.17) is 18.9 Å². The average molecular weight is 570 g/mol. The van der Waals surface area contributed by atoms with Crippen molar-refractivity contribution >= 4 is 42.5 Å². The number of hydrogen-bond donors (Lipinski definition) is 1. The van der Waals surface area contributed by atoms with Crippen LogP contribution >= 0.6 is 0 Å². The second kappa shape index (κ2) is 11.6. The van der Waals surface area contributed by atoms with Crippen LogP contribution in [0, 0.1) is 0 Å². The van der Waals surface area contributed by atoms with Crippen molar-refractivity contribution in [1.29, 1.82) is 0 Å². The Hall–Kier alpha value is -3.97. The first-order chi connectivity index (χ1) is 18.9. The highest BCUT2D eigenvalue weighted by molar-refractivity contribution is 6.88. The molecule has 2 aromatic rings. The van der Waals surface area contributed by atoms with Gasteiger partial charge in [0.25, 0.3) is 11.9 Å². The van der Waals surface area contributed by atoms with Crippen molar-refractivity contribution in [3.05, 3.63) is 36.3 Å². The van der Waals surface area contributed by atoms with Crippen LogP contribution in [-0.4, -0.2) is 87.5 Å². The van der Waals surface area contributed by atoms with Gasteiger partial charge in [-0.2, -0.15) is 9.97 Å². The number of rotatable bonds is 9. The highest BCUT2D eigenvalue weighted by Crippen LogP contribution is 2.35. The fourth-order valence-corrected chi connectivity index (χ4v) is 5.54. The normalized spacial score (nSPS) is 19.3. The van der Waals surface area contributed by atoms with E-state index in [1.807, 2.05) is 37.2 Å². The van der Waals surface area contributed by atoms with Crippen molar-refractivity contribution in [1.82, 2.24) is 14.9 Å². The molecule has 2 atom stereocenters. The van der Waals surface area contributed by atoms with E-state index >= 15 is 0 Å². The fourth-order valence-electron chi connectivity index (χ4n) is 4.37. The number of nitrogens with one attached hydrogen (secondary N) is 1. The summed E-state index contributed by atoms with van der Waals surface area (Å²) in [6.07, 6.45) is 0.714. The number of amides is 2. The summed E-state index contributed by atoms with van der Waals surface area (Å²) in [4.78, 5) is 50.7. The SMILES string of the molecule is COc1nc(N2CCC(N(C)C)CC2=O)nc(OC)c1NC(=O)C1OC(Oc2cccc([Si](C)(C)C)c2)=CC1=O. The molecule has 1 saturated heterocycles. The zero-order valence-corrected chi connectivity index (χ0v) is 24.8. The first-order valence-corrected chi connectivity index (χ1v) is 16.4. The van der Waals surface area contributed by atoms with E-state index in [0.29, 0.717) is 18.7 Å². The van der Waals surface area contributed by atoms with Crippen molar-refractivity contribution in [2.75, 3.05) is 45.1 Å². The van der Waals surface area contributed by atoms with Gasteiger partial charge in [0, 0.05) is 19.0 Å². The molecule has 2 aliphatic rings. The smallest absolute Gasteiger partial charge is 0.289 e. The zero-order chi connectivity index (χ0) is 29.2. The van der Waals surface area contributed by atoms with Gasteiger partial charge in [-0.1, -0.05) is 37.0 Å². The van der Waals surface area contributed by atoms with Gasteiger partial charge < -0.3 is 29.2 Å².